The topological polar surface area (TPSA) is 69.9 Å². The monoisotopic (exact) mass is 308 g/mol. The van der Waals surface area contributed by atoms with Crippen LogP contribution in [0, 0.1) is 0 Å². The molecule has 0 bridgehead atoms. The Hall–Kier alpha value is -3.02. The number of carbonyl (C=O) groups is 1. The molecule has 1 aromatic heterocycles. The Bertz CT molecular complexity index is 755. The predicted molar refractivity (Wildman–Crippen MR) is 84.8 cm³/mol. The Balaban J connectivity index is 1.62. The van der Waals surface area contributed by atoms with Gasteiger partial charge in [-0.05, 0) is 40.6 Å². The van der Waals surface area contributed by atoms with E-state index in [1.165, 1.54) is 11.0 Å². The Morgan fingerprint density at radius 2 is 1.78 bits per heavy atom. The van der Waals surface area contributed by atoms with E-state index in [-0.39, 0.29) is 12.3 Å². The highest BCUT2D eigenvalue weighted by Gasteiger charge is 2.15. The number of ether oxygens (including phenoxy) is 1. The summed E-state index contributed by atoms with van der Waals surface area (Å²) in [5, 5.41) is 10.7. The summed E-state index contributed by atoms with van der Waals surface area (Å²) in [5.74, 6) is 0.562. The van der Waals surface area contributed by atoms with Crippen molar-refractivity contribution >= 4 is 5.78 Å². The van der Waals surface area contributed by atoms with Crippen LogP contribution in [0.25, 0.3) is 11.1 Å². The summed E-state index contributed by atoms with van der Waals surface area (Å²) in [5.41, 5.74) is 2.24. The second-order valence-corrected chi connectivity index (χ2v) is 5.12. The number of Topliss-reactive ketones (excluding diaryl/α,β-unsaturated/α-hetero) is 1. The van der Waals surface area contributed by atoms with Crippen molar-refractivity contribution in [2.24, 2.45) is 0 Å². The van der Waals surface area contributed by atoms with E-state index in [0.29, 0.717) is 5.75 Å². The molecular weight excluding hydrogens is 292 g/mol. The van der Waals surface area contributed by atoms with E-state index in [4.69, 9.17) is 4.74 Å². The van der Waals surface area contributed by atoms with Crippen molar-refractivity contribution < 1.29 is 9.53 Å². The molecule has 0 saturated heterocycles. The van der Waals surface area contributed by atoms with Gasteiger partial charge in [0.05, 0.1) is 0 Å². The first kappa shape index (κ1) is 14.9. The second-order valence-electron chi connectivity index (χ2n) is 5.12. The van der Waals surface area contributed by atoms with Crippen LogP contribution in [0.1, 0.15) is 6.92 Å². The SMILES string of the molecule is CC(Oc1ccc(-c2ccccc2)cc1)C(=O)Cn1cnnn1. The lowest BCUT2D eigenvalue weighted by molar-refractivity contribution is -0.125. The van der Waals surface area contributed by atoms with Gasteiger partial charge in [0, 0.05) is 0 Å². The number of hydrogen-bond acceptors (Lipinski definition) is 5. The zero-order chi connectivity index (χ0) is 16.1. The maximum absolute atomic E-state index is 12.1. The number of nitrogens with zero attached hydrogens (tertiary/aromatic N) is 4. The molecule has 2 aromatic carbocycles. The molecule has 3 aromatic rings. The van der Waals surface area contributed by atoms with Crippen molar-refractivity contribution in [3.8, 4) is 16.9 Å². The molecule has 1 unspecified atom stereocenters. The standard InChI is InChI=1S/C17H16N4O2/c1-13(17(22)11-21-12-18-19-20-21)23-16-9-7-15(8-10-16)14-5-3-2-4-6-14/h2-10,12-13H,11H2,1H3. The molecule has 1 atom stereocenters. The maximum atomic E-state index is 12.1. The molecule has 23 heavy (non-hydrogen) atoms. The minimum atomic E-state index is -0.568. The van der Waals surface area contributed by atoms with Gasteiger partial charge >= 0.3 is 0 Å². The Labute approximate surface area is 133 Å². The third kappa shape index (κ3) is 3.79. The Morgan fingerprint density at radius 1 is 1.09 bits per heavy atom. The molecule has 0 aliphatic rings. The number of aromatic nitrogens is 4. The van der Waals surface area contributed by atoms with E-state index in [0.717, 1.165) is 11.1 Å². The van der Waals surface area contributed by atoms with Crippen LogP contribution < -0.4 is 4.74 Å². The van der Waals surface area contributed by atoms with Crippen LogP contribution in [0.2, 0.25) is 0 Å². The van der Waals surface area contributed by atoms with Gasteiger partial charge < -0.3 is 4.74 Å². The molecule has 3 rings (SSSR count). The lowest BCUT2D eigenvalue weighted by atomic mass is 10.1. The molecule has 1 heterocycles. The van der Waals surface area contributed by atoms with Crippen LogP contribution in [0.4, 0.5) is 0 Å². The van der Waals surface area contributed by atoms with Crippen molar-refractivity contribution in [3.05, 3.63) is 60.9 Å². The molecule has 0 amide bonds. The quantitative estimate of drug-likeness (QED) is 0.699. The first-order valence-corrected chi connectivity index (χ1v) is 7.28. The van der Waals surface area contributed by atoms with Crippen LogP contribution in [-0.2, 0) is 11.3 Å². The summed E-state index contributed by atoms with van der Waals surface area (Å²) in [6.45, 7) is 1.81. The van der Waals surface area contributed by atoms with Crippen molar-refractivity contribution in [1.82, 2.24) is 20.2 Å². The zero-order valence-corrected chi connectivity index (χ0v) is 12.7. The smallest absolute Gasteiger partial charge is 0.194 e. The van der Waals surface area contributed by atoms with E-state index >= 15 is 0 Å². The van der Waals surface area contributed by atoms with Gasteiger partial charge in [0.1, 0.15) is 18.6 Å². The highest BCUT2D eigenvalue weighted by Crippen LogP contribution is 2.22. The molecular formula is C17H16N4O2. The van der Waals surface area contributed by atoms with Gasteiger partial charge in [0.25, 0.3) is 0 Å². The summed E-state index contributed by atoms with van der Waals surface area (Å²) >= 11 is 0. The molecule has 0 fully saturated rings. The van der Waals surface area contributed by atoms with Gasteiger partial charge in [-0.25, -0.2) is 4.68 Å². The van der Waals surface area contributed by atoms with E-state index in [1.54, 1.807) is 6.92 Å². The van der Waals surface area contributed by atoms with Crippen LogP contribution in [0.3, 0.4) is 0 Å². The molecule has 6 heteroatoms. The second kappa shape index (κ2) is 6.83. The van der Waals surface area contributed by atoms with E-state index in [1.807, 2.05) is 54.6 Å². The number of benzene rings is 2. The summed E-state index contributed by atoms with van der Waals surface area (Å²) in [7, 11) is 0. The summed E-state index contributed by atoms with van der Waals surface area (Å²) in [6, 6.07) is 17.8. The molecule has 0 N–H and O–H groups in total. The third-order valence-electron chi connectivity index (χ3n) is 3.44. The van der Waals surface area contributed by atoms with Gasteiger partial charge in [-0.15, -0.1) is 5.10 Å². The van der Waals surface area contributed by atoms with E-state index in [2.05, 4.69) is 15.5 Å². The molecule has 0 saturated carbocycles. The lowest BCUT2D eigenvalue weighted by Crippen LogP contribution is -2.27. The normalized spacial score (nSPS) is 11.9. The van der Waals surface area contributed by atoms with Crippen molar-refractivity contribution in [2.45, 2.75) is 19.6 Å². The number of rotatable bonds is 6. The fourth-order valence-corrected chi connectivity index (χ4v) is 2.17. The average Bonchev–Trinajstić information content (AvgIpc) is 3.09. The minimum Gasteiger partial charge on any atom is -0.483 e. The third-order valence-corrected chi connectivity index (χ3v) is 3.44. The summed E-state index contributed by atoms with van der Waals surface area (Å²) in [4.78, 5) is 12.1. The fraction of sp³-hybridized carbons (Fsp3) is 0.176. The molecule has 0 aliphatic carbocycles. The number of hydrogen-bond donors (Lipinski definition) is 0. The summed E-state index contributed by atoms with van der Waals surface area (Å²) in [6.07, 6.45) is 0.834. The highest BCUT2D eigenvalue weighted by atomic mass is 16.5. The molecule has 116 valence electrons. The fourth-order valence-electron chi connectivity index (χ4n) is 2.17. The van der Waals surface area contributed by atoms with Gasteiger partial charge in [0.2, 0.25) is 0 Å². The first-order valence-electron chi connectivity index (χ1n) is 7.28. The number of tetrazole rings is 1. The number of carbonyl (C=O) groups excluding carboxylic acids is 1. The molecule has 0 aliphatic heterocycles. The van der Waals surface area contributed by atoms with Crippen LogP contribution in [-0.4, -0.2) is 32.1 Å². The largest absolute Gasteiger partial charge is 0.483 e. The van der Waals surface area contributed by atoms with Crippen molar-refractivity contribution in [2.75, 3.05) is 0 Å². The first-order chi connectivity index (χ1) is 11.2. The molecule has 6 nitrogen and oxygen atoms in total. The van der Waals surface area contributed by atoms with Gasteiger partial charge in [-0.1, -0.05) is 42.5 Å². The van der Waals surface area contributed by atoms with Gasteiger partial charge in [-0.3, -0.25) is 4.79 Å². The zero-order valence-electron chi connectivity index (χ0n) is 12.7. The van der Waals surface area contributed by atoms with Crippen LogP contribution in [0.15, 0.2) is 60.9 Å². The highest BCUT2D eigenvalue weighted by molar-refractivity contribution is 5.82. The van der Waals surface area contributed by atoms with Gasteiger partial charge in [0.15, 0.2) is 11.9 Å². The van der Waals surface area contributed by atoms with Crippen LogP contribution in [0.5, 0.6) is 5.75 Å². The van der Waals surface area contributed by atoms with Crippen molar-refractivity contribution in [1.29, 1.82) is 0 Å². The maximum Gasteiger partial charge on any atom is 0.194 e. The predicted octanol–water partition coefficient (Wildman–Crippen LogP) is 2.38. The van der Waals surface area contributed by atoms with Crippen LogP contribution >= 0.6 is 0 Å². The summed E-state index contributed by atoms with van der Waals surface area (Å²) < 4.78 is 7.06. The van der Waals surface area contributed by atoms with Crippen molar-refractivity contribution in [3.63, 3.8) is 0 Å². The minimum absolute atomic E-state index is 0.0931. The average molecular weight is 308 g/mol. The number of ketones is 1. The van der Waals surface area contributed by atoms with Gasteiger partial charge in [-0.2, -0.15) is 0 Å². The molecule has 0 spiro atoms. The Kier molecular flexibility index (Phi) is 4.42. The lowest BCUT2D eigenvalue weighted by Gasteiger charge is -2.13. The van der Waals surface area contributed by atoms with E-state index in [9.17, 15) is 4.79 Å². The molecule has 0 radical (unpaired) electrons. The van der Waals surface area contributed by atoms with E-state index < -0.39 is 6.10 Å². The Morgan fingerprint density at radius 3 is 2.43 bits per heavy atom.